The fourth-order valence-electron chi connectivity index (χ4n) is 1.76. The first-order valence-corrected chi connectivity index (χ1v) is 6.71. The van der Waals surface area contributed by atoms with Gasteiger partial charge in [0.1, 0.15) is 11.6 Å². The number of nitrogens with one attached hydrogen (secondary N) is 1. The first kappa shape index (κ1) is 14.1. The van der Waals surface area contributed by atoms with Crippen LogP contribution in [0.1, 0.15) is 5.56 Å². The van der Waals surface area contributed by atoms with Gasteiger partial charge >= 0.3 is 6.08 Å². The number of hydrogen-bond donors (Lipinski definition) is 2. The lowest BCUT2D eigenvalue weighted by atomic mass is 10.2. The number of nitrogens with zero attached hydrogens (tertiary/aromatic N) is 2. The van der Waals surface area contributed by atoms with E-state index in [0.717, 1.165) is 5.56 Å². The van der Waals surface area contributed by atoms with Crippen molar-refractivity contribution in [2.75, 3.05) is 0 Å². The van der Waals surface area contributed by atoms with Crippen LogP contribution in [0.15, 0.2) is 52.9 Å². The molecule has 0 fully saturated rings. The molecule has 3 N–H and O–H groups in total. The second-order valence-electron chi connectivity index (χ2n) is 4.42. The Balaban J connectivity index is 1.76. The van der Waals surface area contributed by atoms with Crippen molar-refractivity contribution >= 4 is 17.4 Å². The molecule has 1 aromatic heterocycles. The fraction of sp³-hybridized carbons (Fsp3) is 0. The molecule has 0 atom stereocenters. The predicted molar refractivity (Wildman–Crippen MR) is 82.3 cm³/mol. The Hall–Kier alpha value is -2.86. The molecule has 7 heteroatoms. The van der Waals surface area contributed by atoms with Gasteiger partial charge < -0.3 is 14.9 Å². The standard InChI is InChI=1S/C15H11ClN4O2/c16-11-5-1-10(2-6-11)14-19-20-15(22-14)21-12-7-3-9(4-8-12)13(17)18/h1-8H,(H3,17,18). The molecule has 0 unspecified atom stereocenters. The predicted octanol–water partition coefficient (Wildman–Crippen LogP) is 3.47. The van der Waals surface area contributed by atoms with Crippen molar-refractivity contribution in [1.29, 1.82) is 5.41 Å². The summed E-state index contributed by atoms with van der Waals surface area (Å²) in [6, 6.07) is 13.7. The molecule has 2 aromatic carbocycles. The van der Waals surface area contributed by atoms with Crippen molar-refractivity contribution in [3.8, 4) is 23.3 Å². The highest BCUT2D eigenvalue weighted by Gasteiger charge is 2.10. The Morgan fingerprint density at radius 2 is 1.73 bits per heavy atom. The van der Waals surface area contributed by atoms with Crippen molar-refractivity contribution in [3.05, 3.63) is 59.1 Å². The average molecular weight is 315 g/mol. The van der Waals surface area contributed by atoms with E-state index in [-0.39, 0.29) is 11.9 Å². The average Bonchev–Trinajstić information content (AvgIpc) is 2.97. The maximum Gasteiger partial charge on any atom is 0.420 e. The van der Waals surface area contributed by atoms with Crippen LogP contribution in [0.3, 0.4) is 0 Å². The van der Waals surface area contributed by atoms with Gasteiger partial charge in [0.15, 0.2) is 0 Å². The van der Waals surface area contributed by atoms with Crippen LogP contribution in [0.2, 0.25) is 5.02 Å². The van der Waals surface area contributed by atoms with Crippen molar-refractivity contribution in [1.82, 2.24) is 10.2 Å². The van der Waals surface area contributed by atoms with Gasteiger partial charge in [-0.1, -0.05) is 16.7 Å². The molecule has 110 valence electrons. The summed E-state index contributed by atoms with van der Waals surface area (Å²) in [5, 5.41) is 15.7. The molecule has 6 nitrogen and oxygen atoms in total. The molecule has 3 aromatic rings. The number of nitrogen functional groups attached to an aromatic ring is 1. The Kier molecular flexibility index (Phi) is 3.76. The highest BCUT2D eigenvalue weighted by atomic mass is 35.5. The quantitative estimate of drug-likeness (QED) is 0.567. The van der Waals surface area contributed by atoms with E-state index in [1.54, 1.807) is 48.5 Å². The molecule has 0 aliphatic rings. The molecule has 0 saturated heterocycles. The summed E-state index contributed by atoms with van der Waals surface area (Å²) in [6.07, 6.45) is 0.0283. The molecular formula is C15H11ClN4O2. The minimum Gasteiger partial charge on any atom is -0.410 e. The monoisotopic (exact) mass is 314 g/mol. The van der Waals surface area contributed by atoms with E-state index >= 15 is 0 Å². The van der Waals surface area contributed by atoms with Crippen molar-refractivity contribution < 1.29 is 9.15 Å². The maximum absolute atomic E-state index is 7.33. The summed E-state index contributed by atoms with van der Waals surface area (Å²) in [7, 11) is 0. The van der Waals surface area contributed by atoms with Gasteiger partial charge in [-0.25, -0.2) is 0 Å². The highest BCUT2D eigenvalue weighted by molar-refractivity contribution is 6.30. The highest BCUT2D eigenvalue weighted by Crippen LogP contribution is 2.25. The van der Waals surface area contributed by atoms with Crippen LogP contribution in [0.4, 0.5) is 0 Å². The molecule has 0 aliphatic carbocycles. The number of ether oxygens (including phenoxy) is 1. The third-order valence-corrected chi connectivity index (χ3v) is 3.12. The molecule has 0 amide bonds. The molecule has 22 heavy (non-hydrogen) atoms. The maximum atomic E-state index is 7.33. The van der Waals surface area contributed by atoms with Gasteiger partial charge in [-0.2, -0.15) is 0 Å². The molecular weight excluding hydrogens is 304 g/mol. The number of hydrogen-bond acceptors (Lipinski definition) is 5. The Labute approximate surface area is 131 Å². The van der Waals surface area contributed by atoms with E-state index in [1.807, 2.05) is 0 Å². The lowest BCUT2D eigenvalue weighted by Crippen LogP contribution is -2.10. The van der Waals surface area contributed by atoms with Gasteiger partial charge in [0.25, 0.3) is 5.89 Å². The number of benzene rings is 2. The topological polar surface area (TPSA) is 98.0 Å². The largest absolute Gasteiger partial charge is 0.420 e. The van der Waals surface area contributed by atoms with E-state index < -0.39 is 0 Å². The Morgan fingerprint density at radius 3 is 2.36 bits per heavy atom. The summed E-state index contributed by atoms with van der Waals surface area (Å²) >= 11 is 5.83. The van der Waals surface area contributed by atoms with Gasteiger partial charge in [-0.3, -0.25) is 5.41 Å². The summed E-state index contributed by atoms with van der Waals surface area (Å²) in [5.74, 6) is 0.845. The number of amidine groups is 1. The van der Waals surface area contributed by atoms with Crippen LogP contribution in [0.5, 0.6) is 11.8 Å². The first-order chi connectivity index (χ1) is 10.6. The number of halogens is 1. The van der Waals surface area contributed by atoms with E-state index in [1.165, 1.54) is 0 Å². The molecule has 0 bridgehead atoms. The van der Waals surface area contributed by atoms with Gasteiger partial charge in [-0.15, -0.1) is 5.10 Å². The lowest BCUT2D eigenvalue weighted by Gasteiger charge is -2.01. The first-order valence-electron chi connectivity index (χ1n) is 6.33. The van der Waals surface area contributed by atoms with Crippen LogP contribution in [-0.4, -0.2) is 16.0 Å². The second kappa shape index (κ2) is 5.87. The van der Waals surface area contributed by atoms with E-state index in [9.17, 15) is 0 Å². The molecule has 0 aliphatic heterocycles. The van der Waals surface area contributed by atoms with E-state index in [0.29, 0.717) is 22.2 Å². The number of aromatic nitrogens is 2. The van der Waals surface area contributed by atoms with Crippen LogP contribution in [0.25, 0.3) is 11.5 Å². The third-order valence-electron chi connectivity index (χ3n) is 2.87. The van der Waals surface area contributed by atoms with E-state index in [4.69, 9.17) is 31.9 Å². The van der Waals surface area contributed by atoms with Crippen molar-refractivity contribution in [2.45, 2.75) is 0 Å². The minimum absolute atomic E-state index is 0.00522. The molecule has 0 saturated carbocycles. The minimum atomic E-state index is -0.00522. The van der Waals surface area contributed by atoms with Crippen molar-refractivity contribution in [2.24, 2.45) is 5.73 Å². The number of rotatable bonds is 4. The zero-order valence-corrected chi connectivity index (χ0v) is 12.0. The molecule has 0 radical (unpaired) electrons. The summed E-state index contributed by atoms with van der Waals surface area (Å²) in [6.45, 7) is 0. The smallest absolute Gasteiger partial charge is 0.410 e. The zero-order valence-electron chi connectivity index (χ0n) is 11.3. The second-order valence-corrected chi connectivity index (χ2v) is 4.86. The van der Waals surface area contributed by atoms with E-state index in [2.05, 4.69) is 10.2 Å². The van der Waals surface area contributed by atoms with Gasteiger partial charge in [0.05, 0.1) is 0 Å². The normalized spacial score (nSPS) is 10.4. The molecule has 3 rings (SSSR count). The zero-order chi connectivity index (χ0) is 15.5. The van der Waals surface area contributed by atoms with Crippen LogP contribution in [0, 0.1) is 5.41 Å². The SMILES string of the molecule is N=C(N)c1ccc(Oc2nnc(-c3ccc(Cl)cc3)o2)cc1. The Morgan fingerprint density at radius 1 is 1.05 bits per heavy atom. The van der Waals surface area contributed by atoms with Crippen LogP contribution >= 0.6 is 11.6 Å². The van der Waals surface area contributed by atoms with Gasteiger partial charge in [0.2, 0.25) is 0 Å². The fourth-order valence-corrected chi connectivity index (χ4v) is 1.89. The molecule has 1 heterocycles. The summed E-state index contributed by atoms with van der Waals surface area (Å²) in [4.78, 5) is 0. The summed E-state index contributed by atoms with van der Waals surface area (Å²) < 4.78 is 10.9. The van der Waals surface area contributed by atoms with Crippen LogP contribution < -0.4 is 10.5 Å². The third kappa shape index (κ3) is 3.07. The van der Waals surface area contributed by atoms with Crippen LogP contribution in [-0.2, 0) is 0 Å². The Bertz CT molecular complexity index is 797. The number of nitrogens with two attached hydrogens (primary N) is 1. The van der Waals surface area contributed by atoms with Gasteiger partial charge in [-0.05, 0) is 48.5 Å². The van der Waals surface area contributed by atoms with Crippen molar-refractivity contribution in [3.63, 3.8) is 0 Å². The lowest BCUT2D eigenvalue weighted by molar-refractivity contribution is 0.335. The van der Waals surface area contributed by atoms with Gasteiger partial charge in [0, 0.05) is 16.1 Å². The molecule has 0 spiro atoms. The summed E-state index contributed by atoms with van der Waals surface area (Å²) in [5.41, 5.74) is 6.75.